The van der Waals surface area contributed by atoms with Crippen molar-refractivity contribution in [1.29, 1.82) is 0 Å². The van der Waals surface area contributed by atoms with Crippen molar-refractivity contribution in [2.75, 3.05) is 18.0 Å². The molecule has 0 saturated carbocycles. The summed E-state index contributed by atoms with van der Waals surface area (Å²) in [6, 6.07) is 14.7. The molecule has 104 valence electrons. The quantitative estimate of drug-likeness (QED) is 0.831. The van der Waals surface area contributed by atoms with E-state index in [9.17, 15) is 4.39 Å². The molecule has 0 spiro atoms. The Morgan fingerprint density at radius 3 is 2.80 bits per heavy atom. The molecule has 1 saturated heterocycles. The summed E-state index contributed by atoms with van der Waals surface area (Å²) in [6.45, 7) is 1.53. The lowest BCUT2D eigenvalue weighted by Crippen LogP contribution is -2.25. The molecule has 0 amide bonds. The third kappa shape index (κ3) is 2.96. The van der Waals surface area contributed by atoms with Crippen LogP contribution in [0.5, 0.6) is 5.75 Å². The second kappa shape index (κ2) is 5.83. The summed E-state index contributed by atoms with van der Waals surface area (Å²) < 4.78 is 20.7. The number of para-hydroxylation sites is 1. The zero-order valence-electron chi connectivity index (χ0n) is 10.9. The van der Waals surface area contributed by atoms with E-state index in [0.29, 0.717) is 12.2 Å². The number of hydrogen-bond acceptors (Lipinski definition) is 2. The Morgan fingerprint density at radius 2 is 2.00 bits per heavy atom. The second-order valence-corrected chi connectivity index (χ2v) is 5.80. The van der Waals surface area contributed by atoms with Crippen molar-refractivity contribution < 1.29 is 9.13 Å². The zero-order chi connectivity index (χ0) is 13.9. The van der Waals surface area contributed by atoms with E-state index >= 15 is 0 Å². The van der Waals surface area contributed by atoms with Gasteiger partial charge in [-0.05, 0) is 30.3 Å². The van der Waals surface area contributed by atoms with Crippen LogP contribution in [0.25, 0.3) is 0 Å². The lowest BCUT2D eigenvalue weighted by atomic mass is 10.3. The van der Waals surface area contributed by atoms with E-state index in [2.05, 4.69) is 15.9 Å². The molecule has 3 rings (SSSR count). The molecule has 0 bridgehead atoms. The highest BCUT2D eigenvalue weighted by atomic mass is 79.9. The van der Waals surface area contributed by atoms with Crippen LogP contribution in [0.15, 0.2) is 53.0 Å². The fourth-order valence-electron chi connectivity index (χ4n) is 2.48. The fourth-order valence-corrected chi connectivity index (χ4v) is 2.86. The summed E-state index contributed by atoms with van der Waals surface area (Å²) in [7, 11) is 0. The lowest BCUT2D eigenvalue weighted by molar-refractivity contribution is 0.225. The Labute approximate surface area is 126 Å². The van der Waals surface area contributed by atoms with Crippen LogP contribution in [0.1, 0.15) is 6.42 Å². The van der Waals surface area contributed by atoms with Crippen molar-refractivity contribution in [2.24, 2.45) is 0 Å². The summed E-state index contributed by atoms with van der Waals surface area (Å²) in [6.07, 6.45) is 1.00. The van der Waals surface area contributed by atoms with E-state index in [1.165, 1.54) is 6.07 Å². The van der Waals surface area contributed by atoms with Crippen LogP contribution in [-0.2, 0) is 0 Å². The minimum absolute atomic E-state index is 0.101. The fraction of sp³-hybridized carbons (Fsp3) is 0.250. The Bertz CT molecular complexity index is 605. The average Bonchev–Trinajstić information content (AvgIpc) is 2.87. The smallest absolute Gasteiger partial charge is 0.146 e. The Morgan fingerprint density at radius 1 is 1.15 bits per heavy atom. The molecule has 0 radical (unpaired) electrons. The highest BCUT2D eigenvalue weighted by molar-refractivity contribution is 9.10. The van der Waals surface area contributed by atoms with Crippen molar-refractivity contribution in [1.82, 2.24) is 0 Å². The van der Waals surface area contributed by atoms with E-state index in [-0.39, 0.29) is 11.9 Å². The first-order valence-electron chi connectivity index (χ1n) is 6.64. The van der Waals surface area contributed by atoms with Crippen molar-refractivity contribution in [3.05, 3.63) is 58.8 Å². The van der Waals surface area contributed by atoms with Crippen molar-refractivity contribution >= 4 is 21.6 Å². The van der Waals surface area contributed by atoms with Gasteiger partial charge in [-0.1, -0.05) is 34.1 Å². The van der Waals surface area contributed by atoms with Gasteiger partial charge in [0.05, 0.1) is 12.2 Å². The molecule has 1 aliphatic rings. The SMILES string of the molecule is Fc1ccccc1N1CCC(Oc2cccc(Br)c2)C1. The molecule has 20 heavy (non-hydrogen) atoms. The van der Waals surface area contributed by atoms with Gasteiger partial charge in [-0.3, -0.25) is 0 Å². The van der Waals surface area contributed by atoms with E-state index in [0.717, 1.165) is 23.2 Å². The van der Waals surface area contributed by atoms with Gasteiger partial charge in [-0.2, -0.15) is 0 Å². The van der Waals surface area contributed by atoms with Gasteiger partial charge >= 0.3 is 0 Å². The zero-order valence-corrected chi connectivity index (χ0v) is 12.5. The Balaban J connectivity index is 1.67. The van der Waals surface area contributed by atoms with Gasteiger partial charge in [0.2, 0.25) is 0 Å². The minimum atomic E-state index is -0.171. The minimum Gasteiger partial charge on any atom is -0.488 e. The normalized spacial score (nSPS) is 18.3. The van der Waals surface area contributed by atoms with Crippen molar-refractivity contribution in [3.8, 4) is 5.75 Å². The highest BCUT2D eigenvalue weighted by Crippen LogP contribution is 2.26. The Hall–Kier alpha value is -1.55. The van der Waals surface area contributed by atoms with Gasteiger partial charge in [0.1, 0.15) is 17.7 Å². The number of ether oxygens (including phenoxy) is 1. The van der Waals surface area contributed by atoms with Crippen LogP contribution < -0.4 is 9.64 Å². The molecule has 0 N–H and O–H groups in total. The van der Waals surface area contributed by atoms with Crippen LogP contribution in [0, 0.1) is 5.82 Å². The molecule has 2 aromatic carbocycles. The van der Waals surface area contributed by atoms with Crippen LogP contribution in [-0.4, -0.2) is 19.2 Å². The van der Waals surface area contributed by atoms with Crippen LogP contribution in [0.2, 0.25) is 0 Å². The summed E-state index contributed by atoms with van der Waals surface area (Å²) in [5.41, 5.74) is 0.660. The van der Waals surface area contributed by atoms with E-state index < -0.39 is 0 Å². The van der Waals surface area contributed by atoms with Crippen LogP contribution in [0.4, 0.5) is 10.1 Å². The number of nitrogens with zero attached hydrogens (tertiary/aromatic N) is 1. The van der Waals surface area contributed by atoms with E-state index in [4.69, 9.17) is 4.74 Å². The second-order valence-electron chi connectivity index (χ2n) is 4.88. The maximum atomic E-state index is 13.8. The van der Waals surface area contributed by atoms with Gasteiger partial charge in [0, 0.05) is 17.4 Å². The first-order valence-corrected chi connectivity index (χ1v) is 7.43. The predicted octanol–water partition coefficient (Wildman–Crippen LogP) is 4.25. The van der Waals surface area contributed by atoms with Crippen molar-refractivity contribution in [2.45, 2.75) is 12.5 Å². The molecule has 1 fully saturated rings. The van der Waals surface area contributed by atoms with Gasteiger partial charge in [-0.25, -0.2) is 4.39 Å². The summed E-state index contributed by atoms with van der Waals surface area (Å²) in [5.74, 6) is 0.676. The number of anilines is 1. The Kier molecular flexibility index (Phi) is 3.92. The monoisotopic (exact) mass is 335 g/mol. The summed E-state index contributed by atoms with van der Waals surface area (Å²) >= 11 is 3.43. The standard InChI is InChI=1S/C16H15BrFNO/c17-12-4-3-5-13(10-12)20-14-8-9-19(11-14)16-7-2-1-6-15(16)18/h1-7,10,14H,8-9,11H2. The number of hydrogen-bond donors (Lipinski definition) is 0. The molecule has 0 aromatic heterocycles. The third-order valence-electron chi connectivity index (χ3n) is 3.44. The third-order valence-corrected chi connectivity index (χ3v) is 3.93. The van der Waals surface area contributed by atoms with E-state index in [1.807, 2.05) is 41.3 Å². The molecule has 1 aliphatic heterocycles. The topological polar surface area (TPSA) is 12.5 Å². The molecule has 2 nitrogen and oxygen atoms in total. The molecular formula is C16H15BrFNO. The lowest BCUT2D eigenvalue weighted by Gasteiger charge is -2.19. The molecule has 1 heterocycles. The first kappa shape index (κ1) is 13.4. The average molecular weight is 336 g/mol. The highest BCUT2D eigenvalue weighted by Gasteiger charge is 2.25. The van der Waals surface area contributed by atoms with Crippen LogP contribution >= 0.6 is 15.9 Å². The molecular weight excluding hydrogens is 321 g/mol. The number of rotatable bonds is 3. The molecule has 2 aromatic rings. The van der Waals surface area contributed by atoms with Gasteiger partial charge < -0.3 is 9.64 Å². The molecule has 4 heteroatoms. The molecule has 1 unspecified atom stereocenters. The van der Waals surface area contributed by atoms with Crippen molar-refractivity contribution in [3.63, 3.8) is 0 Å². The van der Waals surface area contributed by atoms with E-state index in [1.54, 1.807) is 6.07 Å². The van der Waals surface area contributed by atoms with Gasteiger partial charge in [0.25, 0.3) is 0 Å². The van der Waals surface area contributed by atoms with Gasteiger partial charge in [0.15, 0.2) is 0 Å². The maximum absolute atomic E-state index is 13.8. The first-order chi connectivity index (χ1) is 9.72. The molecule has 0 aliphatic carbocycles. The van der Waals surface area contributed by atoms with Crippen LogP contribution in [0.3, 0.4) is 0 Å². The summed E-state index contributed by atoms with van der Waals surface area (Å²) in [4.78, 5) is 2.04. The largest absolute Gasteiger partial charge is 0.488 e. The summed E-state index contributed by atoms with van der Waals surface area (Å²) in [5, 5.41) is 0. The maximum Gasteiger partial charge on any atom is 0.146 e. The predicted molar refractivity (Wildman–Crippen MR) is 81.8 cm³/mol. The van der Waals surface area contributed by atoms with Gasteiger partial charge in [-0.15, -0.1) is 0 Å². The number of benzene rings is 2. The molecule has 1 atom stereocenters. The number of halogens is 2.